The molecule has 0 aliphatic carbocycles. The highest BCUT2D eigenvalue weighted by Crippen LogP contribution is 2.39. The van der Waals surface area contributed by atoms with Gasteiger partial charge < -0.3 is 0 Å². The topological polar surface area (TPSA) is 71.4 Å². The van der Waals surface area contributed by atoms with Crippen molar-refractivity contribution in [3.8, 4) is 0 Å². The molecule has 0 fully saturated rings. The van der Waals surface area contributed by atoms with Gasteiger partial charge in [-0.3, -0.25) is 4.55 Å². The van der Waals surface area contributed by atoms with Gasteiger partial charge >= 0.3 is 10.1 Å². The highest BCUT2D eigenvalue weighted by molar-refractivity contribution is 7.86. The summed E-state index contributed by atoms with van der Waals surface area (Å²) in [6.07, 6.45) is 0. The van der Waals surface area contributed by atoms with Crippen LogP contribution >= 0.6 is 0 Å². The lowest BCUT2D eigenvalue weighted by Crippen LogP contribution is -2.16. The lowest BCUT2D eigenvalue weighted by molar-refractivity contribution is 0.382. The van der Waals surface area contributed by atoms with Gasteiger partial charge in [0.05, 0.1) is 15.7 Å². The second-order valence-electron chi connectivity index (χ2n) is 8.15. The minimum absolute atomic E-state index is 0.0191. The first-order valence-corrected chi connectivity index (χ1v) is 12.1. The molecule has 0 aromatic heterocycles. The molecule has 1 unspecified atom stereocenters. The minimum atomic E-state index is -5.60. The Morgan fingerprint density at radius 2 is 1.13 bits per heavy atom. The Hall–Kier alpha value is -1.78. The van der Waals surface area contributed by atoms with Crippen LogP contribution in [0, 0.1) is 23.3 Å². The third kappa shape index (κ3) is 4.70. The molecule has 0 bridgehead atoms. The Kier molecular flexibility index (Phi) is 7.39. The van der Waals surface area contributed by atoms with Crippen LogP contribution in [0.3, 0.4) is 0 Å². The maximum absolute atomic E-state index is 14.7. The third-order valence-electron chi connectivity index (χ3n) is 4.89. The van der Waals surface area contributed by atoms with Gasteiger partial charge in [-0.25, -0.2) is 21.8 Å². The molecule has 31 heavy (non-hydrogen) atoms. The molecule has 0 amide bonds. The van der Waals surface area contributed by atoms with E-state index in [0.717, 1.165) is 5.56 Å². The quantitative estimate of drug-likeness (QED) is 0.311. The summed E-state index contributed by atoms with van der Waals surface area (Å²) >= 11 is 0. The first-order valence-electron chi connectivity index (χ1n) is 9.54. The summed E-state index contributed by atoms with van der Waals surface area (Å²) < 4.78 is 103. The van der Waals surface area contributed by atoms with Crippen molar-refractivity contribution in [2.24, 2.45) is 0 Å². The molecule has 172 valence electrons. The normalized spacial score (nSPS) is 13.5. The zero-order valence-corrected chi connectivity index (χ0v) is 19.5. The smallest absolute Gasteiger partial charge is 0.282 e. The van der Waals surface area contributed by atoms with Gasteiger partial charge in [0, 0.05) is 0 Å². The maximum atomic E-state index is 14.7. The van der Waals surface area contributed by atoms with Gasteiger partial charge in [0.25, 0.3) is 0 Å². The standard InChI is InChI=1S/C21H24F4O4S2/c1-9(2)12-7-13(10(3)4)19(14(8-12)11(5)6)30(26)20-15(22)17(24)21(31(27,28)29)18(25)16(20)23/h7-11H,1-6H3,(H,27,28,29). The largest absolute Gasteiger partial charge is 0.300 e. The van der Waals surface area contributed by atoms with E-state index in [9.17, 15) is 30.2 Å². The molecule has 1 N–H and O–H groups in total. The second-order valence-corrected chi connectivity index (χ2v) is 10.9. The third-order valence-corrected chi connectivity index (χ3v) is 7.34. The molecule has 10 heteroatoms. The maximum Gasteiger partial charge on any atom is 0.300 e. The number of hydrogen-bond donors (Lipinski definition) is 1. The Bertz CT molecular complexity index is 1100. The van der Waals surface area contributed by atoms with E-state index in [0.29, 0.717) is 11.1 Å². The molecule has 0 aliphatic heterocycles. The Morgan fingerprint density at radius 1 is 0.742 bits per heavy atom. The van der Waals surface area contributed by atoms with Gasteiger partial charge in [0.1, 0.15) is 4.90 Å². The minimum Gasteiger partial charge on any atom is -0.282 e. The van der Waals surface area contributed by atoms with Crippen LogP contribution in [0.1, 0.15) is 76.0 Å². The van der Waals surface area contributed by atoms with Gasteiger partial charge in [0.15, 0.2) is 28.2 Å². The molecular formula is C21H24F4O4S2. The van der Waals surface area contributed by atoms with Crippen molar-refractivity contribution in [1.82, 2.24) is 0 Å². The Balaban J connectivity index is 2.96. The van der Waals surface area contributed by atoms with Crippen molar-refractivity contribution < 1.29 is 34.7 Å². The molecule has 0 heterocycles. The van der Waals surface area contributed by atoms with Gasteiger partial charge in [0.2, 0.25) is 0 Å². The lowest BCUT2D eigenvalue weighted by atomic mass is 9.89. The first kappa shape index (κ1) is 25.5. The predicted octanol–water partition coefficient (Wildman–Crippen LogP) is 6.03. The van der Waals surface area contributed by atoms with Gasteiger partial charge in [-0.05, 0) is 34.4 Å². The molecule has 0 saturated heterocycles. The van der Waals surface area contributed by atoms with Crippen molar-refractivity contribution in [3.05, 3.63) is 52.1 Å². The average molecular weight is 481 g/mol. The molecule has 1 atom stereocenters. The van der Waals surface area contributed by atoms with Crippen LogP contribution in [0.15, 0.2) is 26.8 Å². The Morgan fingerprint density at radius 3 is 1.42 bits per heavy atom. The fourth-order valence-corrected chi connectivity index (χ4v) is 5.54. The molecule has 0 saturated carbocycles. The number of hydrogen-bond acceptors (Lipinski definition) is 3. The van der Waals surface area contributed by atoms with Crippen LogP contribution in [-0.2, 0) is 20.9 Å². The number of halogens is 4. The SMILES string of the molecule is CC(C)c1cc(C(C)C)c(S(=O)c2c(F)c(F)c(S(=O)(=O)O)c(F)c2F)c(C(C)C)c1. The summed E-state index contributed by atoms with van der Waals surface area (Å²) in [6.45, 7) is 11.0. The van der Waals surface area contributed by atoms with Crippen LogP contribution in [-0.4, -0.2) is 17.2 Å². The molecule has 2 rings (SSSR count). The lowest BCUT2D eigenvalue weighted by Gasteiger charge is -2.23. The summed E-state index contributed by atoms with van der Waals surface area (Å²) in [5.41, 5.74) is 1.88. The van der Waals surface area contributed by atoms with Crippen LogP contribution in [0.2, 0.25) is 0 Å². The average Bonchev–Trinajstić information content (AvgIpc) is 2.64. The summed E-state index contributed by atoms with van der Waals surface area (Å²) in [7, 11) is -8.32. The van der Waals surface area contributed by atoms with Crippen LogP contribution in [0.5, 0.6) is 0 Å². The fourth-order valence-electron chi connectivity index (χ4n) is 3.19. The molecule has 2 aromatic carbocycles. The molecular weight excluding hydrogens is 456 g/mol. The summed E-state index contributed by atoms with van der Waals surface area (Å²) in [5.74, 6) is -9.33. The van der Waals surface area contributed by atoms with Crippen molar-refractivity contribution in [3.63, 3.8) is 0 Å². The van der Waals surface area contributed by atoms with Crippen molar-refractivity contribution in [2.75, 3.05) is 0 Å². The van der Waals surface area contributed by atoms with E-state index in [-0.39, 0.29) is 22.6 Å². The highest BCUT2D eigenvalue weighted by Gasteiger charge is 2.36. The van der Waals surface area contributed by atoms with E-state index < -0.39 is 54.0 Å². The van der Waals surface area contributed by atoms with E-state index in [1.165, 1.54) is 0 Å². The fraction of sp³-hybridized carbons (Fsp3) is 0.429. The van der Waals surface area contributed by atoms with Crippen molar-refractivity contribution in [2.45, 2.75) is 74.0 Å². The first-order chi connectivity index (χ1) is 14.1. The molecule has 2 aromatic rings. The van der Waals surface area contributed by atoms with Crippen LogP contribution in [0.25, 0.3) is 0 Å². The second kappa shape index (κ2) is 8.99. The predicted molar refractivity (Wildman–Crippen MR) is 109 cm³/mol. The van der Waals surface area contributed by atoms with Crippen molar-refractivity contribution >= 4 is 20.9 Å². The number of benzene rings is 2. The van der Waals surface area contributed by atoms with E-state index in [1.54, 1.807) is 39.8 Å². The van der Waals surface area contributed by atoms with Crippen LogP contribution < -0.4 is 0 Å². The van der Waals surface area contributed by atoms with E-state index in [2.05, 4.69) is 0 Å². The summed E-state index contributed by atoms with van der Waals surface area (Å²) in [4.78, 5) is -3.58. The van der Waals surface area contributed by atoms with E-state index in [1.807, 2.05) is 13.8 Å². The van der Waals surface area contributed by atoms with E-state index in [4.69, 9.17) is 4.55 Å². The number of rotatable bonds is 6. The van der Waals surface area contributed by atoms with Crippen LogP contribution in [0.4, 0.5) is 17.6 Å². The van der Waals surface area contributed by atoms with Gasteiger partial charge in [-0.15, -0.1) is 0 Å². The molecule has 0 aliphatic rings. The molecule has 0 radical (unpaired) electrons. The molecule has 4 nitrogen and oxygen atoms in total. The molecule has 0 spiro atoms. The van der Waals surface area contributed by atoms with Crippen molar-refractivity contribution in [1.29, 1.82) is 0 Å². The zero-order valence-electron chi connectivity index (χ0n) is 17.9. The summed E-state index contributed by atoms with van der Waals surface area (Å²) in [6, 6.07) is 3.48. The Labute approximate surface area is 181 Å². The monoisotopic (exact) mass is 480 g/mol. The van der Waals surface area contributed by atoms with Gasteiger partial charge in [-0.1, -0.05) is 53.7 Å². The highest BCUT2D eigenvalue weighted by atomic mass is 32.2. The zero-order chi connectivity index (χ0) is 24.0. The van der Waals surface area contributed by atoms with Gasteiger partial charge in [-0.2, -0.15) is 8.42 Å². The van der Waals surface area contributed by atoms with E-state index >= 15 is 0 Å². The summed E-state index contributed by atoms with van der Waals surface area (Å²) in [5, 5.41) is 0.